The third-order valence-electron chi connectivity index (χ3n) is 2.31. The summed E-state index contributed by atoms with van der Waals surface area (Å²) in [4.78, 5) is 12.5. The molecule has 1 rings (SSSR count). The highest BCUT2D eigenvalue weighted by atomic mass is 32.1. The van der Waals surface area contributed by atoms with Crippen LogP contribution in [0.15, 0.2) is 29.2 Å². The zero-order chi connectivity index (χ0) is 13.4. The first-order chi connectivity index (χ1) is 8.59. The summed E-state index contributed by atoms with van der Waals surface area (Å²) in [5.41, 5.74) is 0.644. The van der Waals surface area contributed by atoms with Crippen molar-refractivity contribution in [2.24, 2.45) is 5.92 Å². The number of ether oxygens (including phenoxy) is 1. The molecule has 0 saturated heterocycles. The molecule has 3 nitrogen and oxygen atoms in total. The maximum absolute atomic E-state index is 11.8. The summed E-state index contributed by atoms with van der Waals surface area (Å²) in [6.45, 7) is 6.33. The van der Waals surface area contributed by atoms with Crippen LogP contribution in [0.3, 0.4) is 0 Å². The van der Waals surface area contributed by atoms with E-state index in [1.54, 1.807) is 12.1 Å². The molecule has 1 amide bonds. The van der Waals surface area contributed by atoms with E-state index in [0.717, 1.165) is 17.9 Å². The van der Waals surface area contributed by atoms with Gasteiger partial charge in [0.1, 0.15) is 0 Å². The van der Waals surface area contributed by atoms with Crippen molar-refractivity contribution in [3.05, 3.63) is 29.8 Å². The van der Waals surface area contributed by atoms with Crippen LogP contribution in [0.4, 0.5) is 0 Å². The third-order valence-corrected chi connectivity index (χ3v) is 2.59. The van der Waals surface area contributed by atoms with Gasteiger partial charge in [0, 0.05) is 30.2 Å². The smallest absolute Gasteiger partial charge is 0.251 e. The Balaban J connectivity index is 2.18. The van der Waals surface area contributed by atoms with Crippen LogP contribution < -0.4 is 5.32 Å². The van der Waals surface area contributed by atoms with Crippen LogP contribution >= 0.6 is 12.6 Å². The van der Waals surface area contributed by atoms with E-state index in [2.05, 4.69) is 31.8 Å². The fourth-order valence-electron chi connectivity index (χ4n) is 1.44. The largest absolute Gasteiger partial charge is 0.381 e. The van der Waals surface area contributed by atoms with Gasteiger partial charge in [0.2, 0.25) is 0 Å². The van der Waals surface area contributed by atoms with Crippen molar-refractivity contribution in [1.29, 1.82) is 0 Å². The van der Waals surface area contributed by atoms with Crippen LogP contribution in [0.1, 0.15) is 30.6 Å². The monoisotopic (exact) mass is 267 g/mol. The lowest BCUT2D eigenvalue weighted by atomic mass is 10.2. The summed E-state index contributed by atoms with van der Waals surface area (Å²) in [5.74, 6) is 0.493. The second-order valence-corrected chi connectivity index (χ2v) is 5.14. The van der Waals surface area contributed by atoms with Gasteiger partial charge in [-0.25, -0.2) is 0 Å². The minimum Gasteiger partial charge on any atom is -0.381 e. The molecule has 0 aliphatic rings. The van der Waals surface area contributed by atoms with Crippen LogP contribution in [0.25, 0.3) is 0 Å². The molecule has 0 heterocycles. The van der Waals surface area contributed by atoms with Gasteiger partial charge in [-0.3, -0.25) is 4.79 Å². The van der Waals surface area contributed by atoms with Crippen molar-refractivity contribution < 1.29 is 9.53 Å². The van der Waals surface area contributed by atoms with Crippen LogP contribution in [0.5, 0.6) is 0 Å². The van der Waals surface area contributed by atoms with Gasteiger partial charge < -0.3 is 10.1 Å². The van der Waals surface area contributed by atoms with Crippen molar-refractivity contribution >= 4 is 18.5 Å². The number of carbonyl (C=O) groups excluding carboxylic acids is 1. The van der Waals surface area contributed by atoms with Gasteiger partial charge in [0.05, 0.1) is 0 Å². The molecule has 4 heteroatoms. The first kappa shape index (κ1) is 15.1. The predicted octanol–water partition coefficient (Wildman–Crippen LogP) is 2.77. The number of rotatable bonds is 7. The molecule has 0 bridgehead atoms. The summed E-state index contributed by atoms with van der Waals surface area (Å²) < 4.78 is 5.44. The zero-order valence-corrected chi connectivity index (χ0v) is 11.9. The van der Waals surface area contributed by atoms with Crippen LogP contribution in [0.2, 0.25) is 0 Å². The number of benzene rings is 1. The van der Waals surface area contributed by atoms with E-state index in [9.17, 15) is 4.79 Å². The molecular weight excluding hydrogens is 246 g/mol. The SMILES string of the molecule is CC(C)COCCCNC(=O)c1cccc(S)c1. The molecule has 1 N–H and O–H groups in total. The molecule has 100 valence electrons. The fraction of sp³-hybridized carbons (Fsp3) is 0.500. The average Bonchev–Trinajstić information content (AvgIpc) is 2.33. The van der Waals surface area contributed by atoms with Gasteiger partial charge in [-0.15, -0.1) is 12.6 Å². The van der Waals surface area contributed by atoms with Crippen molar-refractivity contribution in [1.82, 2.24) is 5.32 Å². The van der Waals surface area contributed by atoms with E-state index in [-0.39, 0.29) is 5.91 Å². The Hall–Kier alpha value is -1.00. The number of nitrogens with one attached hydrogen (secondary N) is 1. The van der Waals surface area contributed by atoms with E-state index in [1.165, 1.54) is 0 Å². The molecule has 1 aromatic rings. The Morgan fingerprint density at radius 2 is 2.22 bits per heavy atom. The molecular formula is C14H21NO2S. The van der Waals surface area contributed by atoms with Crippen molar-refractivity contribution in [2.45, 2.75) is 25.2 Å². The highest BCUT2D eigenvalue weighted by Crippen LogP contribution is 2.08. The lowest BCUT2D eigenvalue weighted by Crippen LogP contribution is -2.25. The highest BCUT2D eigenvalue weighted by Gasteiger charge is 2.04. The normalized spacial score (nSPS) is 10.7. The Bertz CT molecular complexity index is 380. The van der Waals surface area contributed by atoms with Crippen molar-refractivity contribution in [2.75, 3.05) is 19.8 Å². The Kier molecular flexibility index (Phi) is 6.83. The quantitative estimate of drug-likeness (QED) is 0.589. The molecule has 18 heavy (non-hydrogen) atoms. The minimum atomic E-state index is -0.0604. The molecule has 0 saturated carbocycles. The maximum atomic E-state index is 11.8. The number of amides is 1. The number of carbonyl (C=O) groups is 1. The standard InChI is InChI=1S/C14H21NO2S/c1-11(2)10-17-8-4-7-15-14(16)12-5-3-6-13(18)9-12/h3,5-6,9,11,18H,4,7-8,10H2,1-2H3,(H,15,16). The van der Waals surface area contributed by atoms with Gasteiger partial charge in [-0.2, -0.15) is 0 Å². The molecule has 1 aromatic carbocycles. The molecule has 0 aliphatic heterocycles. The van der Waals surface area contributed by atoms with Gasteiger partial charge in [0.25, 0.3) is 5.91 Å². The van der Waals surface area contributed by atoms with Crippen LogP contribution in [0, 0.1) is 5.92 Å². The number of hydrogen-bond acceptors (Lipinski definition) is 3. The zero-order valence-electron chi connectivity index (χ0n) is 11.0. The summed E-state index contributed by atoms with van der Waals surface area (Å²) in [5, 5.41) is 2.86. The van der Waals surface area contributed by atoms with E-state index in [4.69, 9.17) is 4.74 Å². The summed E-state index contributed by atoms with van der Waals surface area (Å²) in [7, 11) is 0. The minimum absolute atomic E-state index is 0.0604. The molecule has 0 aromatic heterocycles. The first-order valence-corrected chi connectivity index (χ1v) is 6.69. The molecule has 0 spiro atoms. The molecule has 0 unspecified atom stereocenters. The highest BCUT2D eigenvalue weighted by molar-refractivity contribution is 7.80. The van der Waals surface area contributed by atoms with Gasteiger partial charge >= 0.3 is 0 Å². The fourth-order valence-corrected chi connectivity index (χ4v) is 1.67. The molecule has 0 fully saturated rings. The van der Waals surface area contributed by atoms with Gasteiger partial charge in [-0.05, 0) is 30.5 Å². The first-order valence-electron chi connectivity index (χ1n) is 6.24. The average molecular weight is 267 g/mol. The molecule has 0 atom stereocenters. The van der Waals surface area contributed by atoms with Gasteiger partial charge in [-0.1, -0.05) is 19.9 Å². The van der Waals surface area contributed by atoms with E-state index in [0.29, 0.717) is 24.6 Å². The Morgan fingerprint density at radius 1 is 1.44 bits per heavy atom. The van der Waals surface area contributed by atoms with E-state index >= 15 is 0 Å². The van der Waals surface area contributed by atoms with E-state index in [1.807, 2.05) is 12.1 Å². The molecule has 0 aliphatic carbocycles. The summed E-state index contributed by atoms with van der Waals surface area (Å²) in [6, 6.07) is 7.21. The van der Waals surface area contributed by atoms with Crippen molar-refractivity contribution in [3.63, 3.8) is 0 Å². The number of hydrogen-bond donors (Lipinski definition) is 2. The maximum Gasteiger partial charge on any atom is 0.251 e. The lowest BCUT2D eigenvalue weighted by Gasteiger charge is -2.08. The topological polar surface area (TPSA) is 38.3 Å². The third kappa shape index (κ3) is 6.07. The Labute approximate surface area is 114 Å². The van der Waals surface area contributed by atoms with Gasteiger partial charge in [0.15, 0.2) is 0 Å². The summed E-state index contributed by atoms with van der Waals surface area (Å²) >= 11 is 4.20. The molecule has 0 radical (unpaired) electrons. The predicted molar refractivity (Wildman–Crippen MR) is 76.3 cm³/mol. The Morgan fingerprint density at radius 3 is 2.89 bits per heavy atom. The van der Waals surface area contributed by atoms with Crippen molar-refractivity contribution in [3.8, 4) is 0 Å². The van der Waals surface area contributed by atoms with Crippen LogP contribution in [-0.2, 0) is 4.74 Å². The van der Waals surface area contributed by atoms with E-state index < -0.39 is 0 Å². The summed E-state index contributed by atoms with van der Waals surface area (Å²) in [6.07, 6.45) is 0.832. The second kappa shape index (κ2) is 8.16. The van der Waals surface area contributed by atoms with Crippen LogP contribution in [-0.4, -0.2) is 25.7 Å². The lowest BCUT2D eigenvalue weighted by molar-refractivity contribution is 0.0925. The second-order valence-electron chi connectivity index (χ2n) is 4.63. The number of thiol groups is 1.